The van der Waals surface area contributed by atoms with Crippen molar-refractivity contribution in [2.45, 2.75) is 18.6 Å². The largest absolute Gasteiger partial charge is 0.399 e. The molecule has 1 unspecified atom stereocenters. The van der Waals surface area contributed by atoms with Gasteiger partial charge < -0.3 is 5.73 Å². The summed E-state index contributed by atoms with van der Waals surface area (Å²) in [5, 5.41) is 7.69. The number of nitrogens with zero attached hydrogens (tertiary/aromatic N) is 1. The molecule has 5 nitrogen and oxygen atoms in total. The highest BCUT2D eigenvalue weighted by molar-refractivity contribution is 9.10. The number of nitriles is 1. The lowest BCUT2D eigenvalue weighted by Crippen LogP contribution is -2.26. The van der Waals surface area contributed by atoms with Crippen molar-refractivity contribution in [3.63, 3.8) is 0 Å². The maximum Gasteiger partial charge on any atom is 0.249 e. The Bertz CT molecular complexity index is 551. The molecule has 0 amide bonds. The average Bonchev–Trinajstić information content (AvgIpc) is 2.23. The van der Waals surface area contributed by atoms with Gasteiger partial charge >= 0.3 is 0 Å². The minimum Gasteiger partial charge on any atom is -0.399 e. The number of hydrogen-bond donors (Lipinski definition) is 2. The van der Waals surface area contributed by atoms with Crippen LogP contribution in [-0.2, 0) is 10.0 Å². The molecule has 0 heterocycles. The average molecular weight is 318 g/mol. The van der Waals surface area contributed by atoms with E-state index in [-0.39, 0.29) is 6.42 Å². The Labute approximate surface area is 109 Å². The van der Waals surface area contributed by atoms with Gasteiger partial charge in [-0.15, -0.1) is 0 Å². The normalized spacial score (nSPS) is 12.8. The zero-order valence-electron chi connectivity index (χ0n) is 9.14. The SMILES string of the molecule is CCC(C#N)S(=O)(=O)Nc1ccc(N)cc1Br. The van der Waals surface area contributed by atoms with E-state index in [2.05, 4.69) is 20.7 Å². The molecule has 1 rings (SSSR count). The molecular formula is C10H12BrN3O2S. The van der Waals surface area contributed by atoms with E-state index in [0.717, 1.165) is 0 Å². The van der Waals surface area contributed by atoms with Gasteiger partial charge in [0.1, 0.15) is 0 Å². The minimum atomic E-state index is -3.69. The molecule has 7 heteroatoms. The van der Waals surface area contributed by atoms with Crippen LogP contribution < -0.4 is 10.5 Å². The quantitative estimate of drug-likeness (QED) is 0.831. The fraction of sp³-hybridized carbons (Fsp3) is 0.300. The molecule has 17 heavy (non-hydrogen) atoms. The summed E-state index contributed by atoms with van der Waals surface area (Å²) in [5.74, 6) is 0. The van der Waals surface area contributed by atoms with Gasteiger partial charge in [-0.05, 0) is 40.5 Å². The third-order valence-electron chi connectivity index (χ3n) is 2.13. The predicted octanol–water partition coefficient (Wildman–Crippen LogP) is 2.08. The fourth-order valence-corrected chi connectivity index (χ4v) is 3.05. The van der Waals surface area contributed by atoms with Crippen LogP contribution in [0.3, 0.4) is 0 Å². The molecule has 1 aromatic rings. The van der Waals surface area contributed by atoms with Gasteiger partial charge in [-0.2, -0.15) is 5.26 Å². The summed E-state index contributed by atoms with van der Waals surface area (Å²) in [6, 6.07) is 6.46. The molecule has 0 aliphatic heterocycles. The van der Waals surface area contributed by atoms with Crippen LogP contribution in [0.2, 0.25) is 0 Å². The van der Waals surface area contributed by atoms with E-state index in [1.807, 2.05) is 0 Å². The number of nitrogens with one attached hydrogen (secondary N) is 1. The van der Waals surface area contributed by atoms with Crippen LogP contribution in [0.25, 0.3) is 0 Å². The highest BCUT2D eigenvalue weighted by atomic mass is 79.9. The lowest BCUT2D eigenvalue weighted by atomic mass is 10.3. The molecule has 0 bridgehead atoms. The Kier molecular flexibility index (Phi) is 4.37. The highest BCUT2D eigenvalue weighted by Gasteiger charge is 2.23. The lowest BCUT2D eigenvalue weighted by molar-refractivity contribution is 0.593. The highest BCUT2D eigenvalue weighted by Crippen LogP contribution is 2.26. The topological polar surface area (TPSA) is 96.0 Å². The van der Waals surface area contributed by atoms with E-state index in [1.165, 1.54) is 0 Å². The van der Waals surface area contributed by atoms with Gasteiger partial charge in [0.15, 0.2) is 5.25 Å². The van der Waals surface area contributed by atoms with Gasteiger partial charge in [-0.1, -0.05) is 6.92 Å². The Morgan fingerprint density at radius 2 is 2.24 bits per heavy atom. The number of halogens is 1. The smallest absolute Gasteiger partial charge is 0.249 e. The number of hydrogen-bond acceptors (Lipinski definition) is 4. The maximum atomic E-state index is 11.8. The van der Waals surface area contributed by atoms with Crippen LogP contribution in [-0.4, -0.2) is 13.7 Å². The second-order valence-electron chi connectivity index (χ2n) is 3.41. The van der Waals surface area contributed by atoms with Crippen molar-refractivity contribution >= 4 is 37.3 Å². The third kappa shape index (κ3) is 3.35. The van der Waals surface area contributed by atoms with E-state index in [4.69, 9.17) is 11.0 Å². The third-order valence-corrected chi connectivity index (χ3v) is 4.48. The van der Waals surface area contributed by atoms with Gasteiger partial charge in [0, 0.05) is 10.2 Å². The van der Waals surface area contributed by atoms with Crippen LogP contribution in [0, 0.1) is 11.3 Å². The van der Waals surface area contributed by atoms with Crippen molar-refractivity contribution in [1.29, 1.82) is 5.26 Å². The second kappa shape index (κ2) is 5.38. The Morgan fingerprint density at radius 3 is 2.71 bits per heavy atom. The molecule has 0 fully saturated rings. The van der Waals surface area contributed by atoms with Crippen LogP contribution in [0.15, 0.2) is 22.7 Å². The Balaban J connectivity index is 3.03. The molecule has 92 valence electrons. The molecule has 0 aromatic heterocycles. The number of rotatable bonds is 4. The first-order valence-corrected chi connectivity index (χ1v) is 7.21. The van der Waals surface area contributed by atoms with E-state index in [9.17, 15) is 8.42 Å². The summed E-state index contributed by atoms with van der Waals surface area (Å²) in [7, 11) is -3.69. The zero-order chi connectivity index (χ0) is 13.1. The van der Waals surface area contributed by atoms with Crippen LogP contribution >= 0.6 is 15.9 Å². The number of sulfonamides is 1. The maximum absolute atomic E-state index is 11.8. The Morgan fingerprint density at radius 1 is 1.59 bits per heavy atom. The van der Waals surface area contributed by atoms with Crippen molar-refractivity contribution in [1.82, 2.24) is 0 Å². The predicted molar refractivity (Wildman–Crippen MR) is 70.8 cm³/mol. The monoisotopic (exact) mass is 317 g/mol. The first kappa shape index (κ1) is 13.8. The lowest BCUT2D eigenvalue weighted by Gasteiger charge is -2.12. The van der Waals surface area contributed by atoms with Crippen molar-refractivity contribution in [2.75, 3.05) is 10.5 Å². The van der Waals surface area contributed by atoms with Crippen molar-refractivity contribution in [2.24, 2.45) is 0 Å². The van der Waals surface area contributed by atoms with Gasteiger partial charge in [0.2, 0.25) is 10.0 Å². The van der Waals surface area contributed by atoms with E-state index < -0.39 is 15.3 Å². The first-order valence-electron chi connectivity index (χ1n) is 4.87. The molecule has 3 N–H and O–H groups in total. The van der Waals surface area contributed by atoms with E-state index in [1.54, 1.807) is 31.2 Å². The Hall–Kier alpha value is -1.26. The minimum absolute atomic E-state index is 0.235. The fourth-order valence-electron chi connectivity index (χ4n) is 1.22. The number of benzene rings is 1. The molecule has 0 spiro atoms. The number of nitrogens with two attached hydrogens (primary N) is 1. The molecule has 1 atom stereocenters. The van der Waals surface area contributed by atoms with Gasteiger partial charge in [-0.3, -0.25) is 4.72 Å². The molecular weight excluding hydrogens is 306 g/mol. The van der Waals surface area contributed by atoms with Gasteiger partial charge in [0.25, 0.3) is 0 Å². The molecule has 0 saturated carbocycles. The van der Waals surface area contributed by atoms with Crippen molar-refractivity contribution in [3.8, 4) is 6.07 Å². The second-order valence-corrected chi connectivity index (χ2v) is 6.13. The van der Waals surface area contributed by atoms with Gasteiger partial charge in [-0.25, -0.2) is 8.42 Å². The molecule has 0 saturated heterocycles. The number of nitrogen functional groups attached to an aromatic ring is 1. The summed E-state index contributed by atoms with van der Waals surface area (Å²) < 4.78 is 26.5. The standard InChI is InChI=1S/C10H12BrN3O2S/c1-2-8(6-12)17(15,16)14-10-4-3-7(13)5-9(10)11/h3-5,8,14H,2,13H2,1H3. The molecule has 0 aliphatic carbocycles. The van der Waals surface area contributed by atoms with Crippen molar-refractivity contribution < 1.29 is 8.42 Å². The van der Waals surface area contributed by atoms with Crippen molar-refractivity contribution in [3.05, 3.63) is 22.7 Å². The number of anilines is 2. The van der Waals surface area contributed by atoms with Crippen LogP contribution in [0.4, 0.5) is 11.4 Å². The zero-order valence-corrected chi connectivity index (χ0v) is 11.5. The molecule has 0 aliphatic rings. The first-order chi connectivity index (χ1) is 7.90. The van der Waals surface area contributed by atoms with Gasteiger partial charge in [0.05, 0.1) is 11.8 Å². The molecule has 0 radical (unpaired) electrons. The summed E-state index contributed by atoms with van der Waals surface area (Å²) in [6.45, 7) is 1.64. The summed E-state index contributed by atoms with van der Waals surface area (Å²) in [5.41, 5.74) is 6.43. The van der Waals surface area contributed by atoms with E-state index in [0.29, 0.717) is 15.8 Å². The summed E-state index contributed by atoms with van der Waals surface area (Å²) >= 11 is 3.20. The summed E-state index contributed by atoms with van der Waals surface area (Å²) in [4.78, 5) is 0. The van der Waals surface area contributed by atoms with Crippen LogP contribution in [0.5, 0.6) is 0 Å². The van der Waals surface area contributed by atoms with E-state index >= 15 is 0 Å². The summed E-state index contributed by atoms with van der Waals surface area (Å²) in [6.07, 6.45) is 0.235. The molecule has 1 aromatic carbocycles. The van der Waals surface area contributed by atoms with Crippen LogP contribution in [0.1, 0.15) is 13.3 Å².